The number of aromatic nitrogens is 2. The minimum absolute atomic E-state index is 0.0404. The second-order valence-corrected chi connectivity index (χ2v) is 7.46. The molecule has 1 amide bonds. The van der Waals surface area contributed by atoms with Gasteiger partial charge in [-0.1, -0.05) is 18.2 Å². The van der Waals surface area contributed by atoms with Gasteiger partial charge in [-0.2, -0.15) is 0 Å². The molecule has 0 saturated heterocycles. The zero-order chi connectivity index (χ0) is 18.9. The standard InChI is InChI=1S/C21H25N3O2/c1-15-8-9-16(2)24(15)19-18(7-6-12-22-19)17-10-13-23(14-11-17)20(25)26-21(3,4)5/h6-14,17H,1-5H3. The van der Waals surface area contributed by atoms with Crippen LogP contribution in [-0.4, -0.2) is 26.1 Å². The predicted molar refractivity (Wildman–Crippen MR) is 102 cm³/mol. The SMILES string of the molecule is Cc1ccc(C)n1-c1ncccc1C1C=CN(C(=O)OC(C)(C)C)C=C1. The van der Waals surface area contributed by atoms with E-state index in [2.05, 4.69) is 41.6 Å². The summed E-state index contributed by atoms with van der Waals surface area (Å²) in [5.41, 5.74) is 2.85. The van der Waals surface area contributed by atoms with Crippen LogP contribution >= 0.6 is 0 Å². The number of nitrogens with zero attached hydrogens (tertiary/aromatic N) is 3. The van der Waals surface area contributed by atoms with Gasteiger partial charge in [0, 0.05) is 41.5 Å². The lowest BCUT2D eigenvalue weighted by Gasteiger charge is -2.26. The first kappa shape index (κ1) is 18.0. The minimum atomic E-state index is -0.518. The third kappa shape index (κ3) is 3.72. The fourth-order valence-corrected chi connectivity index (χ4v) is 2.99. The summed E-state index contributed by atoms with van der Waals surface area (Å²) >= 11 is 0. The van der Waals surface area contributed by atoms with Crippen LogP contribution in [0.2, 0.25) is 0 Å². The van der Waals surface area contributed by atoms with Gasteiger partial charge in [0.1, 0.15) is 11.4 Å². The average Bonchev–Trinajstić information content (AvgIpc) is 2.92. The van der Waals surface area contributed by atoms with E-state index in [0.717, 1.165) is 22.8 Å². The Morgan fingerprint density at radius 1 is 1.08 bits per heavy atom. The van der Waals surface area contributed by atoms with E-state index in [9.17, 15) is 4.79 Å². The lowest BCUT2D eigenvalue weighted by Crippen LogP contribution is -2.31. The van der Waals surface area contributed by atoms with Crippen molar-refractivity contribution in [3.8, 4) is 5.82 Å². The Balaban J connectivity index is 1.86. The summed E-state index contributed by atoms with van der Waals surface area (Å²) in [6, 6.07) is 8.19. The highest BCUT2D eigenvalue weighted by atomic mass is 16.6. The van der Waals surface area contributed by atoms with Crippen molar-refractivity contribution in [1.29, 1.82) is 0 Å². The van der Waals surface area contributed by atoms with Gasteiger partial charge < -0.3 is 9.30 Å². The van der Waals surface area contributed by atoms with Gasteiger partial charge in [-0.3, -0.25) is 4.90 Å². The molecule has 3 heterocycles. The van der Waals surface area contributed by atoms with Crippen molar-refractivity contribution in [2.45, 2.75) is 46.1 Å². The van der Waals surface area contributed by atoms with Crippen LogP contribution in [0.15, 0.2) is 55.0 Å². The van der Waals surface area contributed by atoms with Gasteiger partial charge in [-0.25, -0.2) is 9.78 Å². The van der Waals surface area contributed by atoms with Crippen LogP contribution in [-0.2, 0) is 4.74 Å². The zero-order valence-electron chi connectivity index (χ0n) is 15.9. The molecule has 1 aliphatic heterocycles. The Morgan fingerprint density at radius 3 is 2.27 bits per heavy atom. The minimum Gasteiger partial charge on any atom is -0.443 e. The van der Waals surface area contributed by atoms with Crippen LogP contribution in [0.25, 0.3) is 5.82 Å². The van der Waals surface area contributed by atoms with Crippen molar-refractivity contribution >= 4 is 6.09 Å². The monoisotopic (exact) mass is 351 g/mol. The molecule has 0 spiro atoms. The van der Waals surface area contributed by atoms with E-state index in [1.165, 1.54) is 4.90 Å². The number of ether oxygens (including phenoxy) is 1. The van der Waals surface area contributed by atoms with Crippen molar-refractivity contribution in [3.05, 3.63) is 72.0 Å². The molecule has 0 radical (unpaired) electrons. The smallest absolute Gasteiger partial charge is 0.418 e. The lowest BCUT2D eigenvalue weighted by atomic mass is 9.98. The van der Waals surface area contributed by atoms with Gasteiger partial charge in [0.25, 0.3) is 0 Å². The van der Waals surface area contributed by atoms with E-state index in [1.54, 1.807) is 18.6 Å². The number of carbonyl (C=O) groups excluding carboxylic acids is 1. The van der Waals surface area contributed by atoms with Crippen molar-refractivity contribution in [3.63, 3.8) is 0 Å². The molecule has 26 heavy (non-hydrogen) atoms. The molecule has 0 fully saturated rings. The highest BCUT2D eigenvalue weighted by Crippen LogP contribution is 2.29. The maximum atomic E-state index is 12.2. The number of carbonyl (C=O) groups is 1. The van der Waals surface area contributed by atoms with Crippen molar-refractivity contribution in [2.75, 3.05) is 0 Å². The molecule has 2 aromatic rings. The normalized spacial score (nSPS) is 14.7. The largest absolute Gasteiger partial charge is 0.443 e. The summed E-state index contributed by atoms with van der Waals surface area (Å²) in [5, 5.41) is 0. The second kappa shape index (κ2) is 6.83. The molecule has 0 saturated carbocycles. The molecule has 3 rings (SSSR count). The predicted octanol–water partition coefficient (Wildman–Crippen LogP) is 4.85. The number of rotatable bonds is 2. The van der Waals surface area contributed by atoms with Gasteiger partial charge in [0.05, 0.1) is 0 Å². The summed E-state index contributed by atoms with van der Waals surface area (Å²) in [5.74, 6) is 0.955. The first-order valence-electron chi connectivity index (χ1n) is 8.74. The summed E-state index contributed by atoms with van der Waals surface area (Å²) < 4.78 is 7.55. The Kier molecular flexibility index (Phi) is 4.72. The quantitative estimate of drug-likeness (QED) is 0.777. The summed E-state index contributed by atoms with van der Waals surface area (Å²) in [6.07, 6.45) is 8.90. The molecule has 0 unspecified atom stereocenters. The molecule has 5 nitrogen and oxygen atoms in total. The zero-order valence-corrected chi connectivity index (χ0v) is 15.9. The number of hydrogen-bond acceptors (Lipinski definition) is 3. The number of hydrogen-bond donors (Lipinski definition) is 0. The highest BCUT2D eigenvalue weighted by molar-refractivity contribution is 5.71. The Labute approximate surface area is 154 Å². The van der Waals surface area contributed by atoms with E-state index >= 15 is 0 Å². The number of allylic oxidation sites excluding steroid dienone is 2. The Bertz CT molecular complexity index is 838. The second-order valence-electron chi connectivity index (χ2n) is 7.46. The van der Waals surface area contributed by atoms with Crippen LogP contribution in [0.4, 0.5) is 4.79 Å². The summed E-state index contributed by atoms with van der Waals surface area (Å²) in [4.78, 5) is 18.3. The van der Waals surface area contributed by atoms with Gasteiger partial charge in [0.15, 0.2) is 0 Å². The molecule has 0 bridgehead atoms. The molecule has 0 N–H and O–H groups in total. The number of pyridine rings is 1. The van der Waals surface area contributed by atoms with Crippen LogP contribution < -0.4 is 0 Å². The van der Waals surface area contributed by atoms with Crippen molar-refractivity contribution in [1.82, 2.24) is 14.5 Å². The molecular weight excluding hydrogens is 326 g/mol. The van der Waals surface area contributed by atoms with Crippen LogP contribution in [0, 0.1) is 13.8 Å². The van der Waals surface area contributed by atoms with Crippen LogP contribution in [0.3, 0.4) is 0 Å². The lowest BCUT2D eigenvalue weighted by molar-refractivity contribution is 0.0397. The molecule has 5 heteroatoms. The molecule has 1 aliphatic rings. The van der Waals surface area contributed by atoms with Gasteiger partial charge >= 0.3 is 6.09 Å². The molecular formula is C21H25N3O2. The Hall–Kier alpha value is -2.82. The summed E-state index contributed by atoms with van der Waals surface area (Å²) in [7, 11) is 0. The molecule has 136 valence electrons. The maximum Gasteiger partial charge on any atom is 0.418 e. The van der Waals surface area contributed by atoms with Gasteiger partial charge in [0.2, 0.25) is 0 Å². The molecule has 0 aromatic carbocycles. The van der Waals surface area contributed by atoms with E-state index in [4.69, 9.17) is 4.74 Å². The fourth-order valence-electron chi connectivity index (χ4n) is 2.99. The topological polar surface area (TPSA) is 47.4 Å². The highest BCUT2D eigenvalue weighted by Gasteiger charge is 2.23. The first-order valence-corrected chi connectivity index (χ1v) is 8.74. The van der Waals surface area contributed by atoms with E-state index < -0.39 is 5.60 Å². The number of aryl methyl sites for hydroxylation is 2. The Morgan fingerprint density at radius 2 is 1.69 bits per heavy atom. The maximum absolute atomic E-state index is 12.2. The number of amides is 1. The molecule has 2 aromatic heterocycles. The molecule has 0 atom stereocenters. The summed E-state index contributed by atoms with van der Waals surface area (Å²) in [6.45, 7) is 9.71. The third-order valence-electron chi connectivity index (χ3n) is 4.17. The van der Waals surface area contributed by atoms with E-state index in [1.807, 2.05) is 39.0 Å². The van der Waals surface area contributed by atoms with Gasteiger partial charge in [-0.15, -0.1) is 0 Å². The van der Waals surface area contributed by atoms with E-state index in [-0.39, 0.29) is 12.0 Å². The first-order chi connectivity index (χ1) is 12.3. The van der Waals surface area contributed by atoms with Gasteiger partial charge in [-0.05, 0) is 52.8 Å². The average molecular weight is 351 g/mol. The van der Waals surface area contributed by atoms with Crippen LogP contribution in [0.5, 0.6) is 0 Å². The van der Waals surface area contributed by atoms with E-state index in [0.29, 0.717) is 0 Å². The van der Waals surface area contributed by atoms with Crippen molar-refractivity contribution in [2.24, 2.45) is 0 Å². The third-order valence-corrected chi connectivity index (χ3v) is 4.17. The fraction of sp³-hybridized carbons (Fsp3) is 0.333. The molecule has 0 aliphatic carbocycles. The van der Waals surface area contributed by atoms with Crippen LogP contribution in [0.1, 0.15) is 43.6 Å². The van der Waals surface area contributed by atoms with Crippen molar-refractivity contribution < 1.29 is 9.53 Å².